The fourth-order valence-corrected chi connectivity index (χ4v) is 6.95. The van der Waals surface area contributed by atoms with Gasteiger partial charge in [0.1, 0.15) is 10.9 Å². The Morgan fingerprint density at radius 1 is 1.05 bits per heavy atom. The first-order valence-corrected chi connectivity index (χ1v) is 13.1. The Labute approximate surface area is 221 Å². The minimum Gasteiger partial charge on any atom is -0.465 e. The maximum absolute atomic E-state index is 14.1. The Morgan fingerprint density at radius 3 is 2.45 bits per heavy atom. The van der Waals surface area contributed by atoms with Crippen molar-refractivity contribution in [2.24, 2.45) is 5.92 Å². The smallest absolute Gasteiger partial charge is 0.341 e. The number of amides is 2. The molecule has 3 atom stereocenters. The molecule has 0 unspecified atom stereocenters. The number of para-hydroxylation sites is 1. The Morgan fingerprint density at radius 2 is 1.76 bits per heavy atom. The average Bonchev–Trinajstić information content (AvgIpc) is 3.59. The van der Waals surface area contributed by atoms with Gasteiger partial charge in [-0.15, -0.1) is 11.3 Å². The number of methoxy groups -OCH3 is 1. The third-order valence-electron chi connectivity index (χ3n) is 7.32. The number of esters is 1. The number of hydrogen-bond acceptors (Lipinski definition) is 9. The number of rotatable bonds is 5. The van der Waals surface area contributed by atoms with E-state index in [2.05, 4.69) is 0 Å². The lowest BCUT2D eigenvalue weighted by Crippen LogP contribution is -2.37. The molecule has 0 spiro atoms. The van der Waals surface area contributed by atoms with E-state index in [1.807, 2.05) is 18.2 Å². The van der Waals surface area contributed by atoms with Crippen LogP contribution in [0.15, 0.2) is 54.6 Å². The van der Waals surface area contributed by atoms with Gasteiger partial charge in [-0.2, -0.15) is 0 Å². The molecular formula is C27H23N3O7S. The summed E-state index contributed by atoms with van der Waals surface area (Å²) in [6, 6.07) is 14.2. The molecule has 1 aliphatic carbocycles. The van der Waals surface area contributed by atoms with Gasteiger partial charge in [0.2, 0.25) is 5.91 Å². The van der Waals surface area contributed by atoms with Crippen LogP contribution in [0.1, 0.15) is 45.2 Å². The van der Waals surface area contributed by atoms with Gasteiger partial charge in [-0.1, -0.05) is 30.3 Å². The quantitative estimate of drug-likeness (QED) is 0.205. The van der Waals surface area contributed by atoms with Gasteiger partial charge in [0.05, 0.1) is 29.3 Å². The van der Waals surface area contributed by atoms with Crippen LogP contribution in [0, 0.1) is 16.0 Å². The van der Waals surface area contributed by atoms with E-state index in [0.29, 0.717) is 17.7 Å². The largest absolute Gasteiger partial charge is 0.465 e. The molecule has 0 N–H and O–H groups in total. The van der Waals surface area contributed by atoms with Crippen LogP contribution in [-0.4, -0.2) is 35.9 Å². The second kappa shape index (κ2) is 9.34. The Balaban J connectivity index is 1.44. The first-order chi connectivity index (χ1) is 18.4. The van der Waals surface area contributed by atoms with Gasteiger partial charge in [0.25, 0.3) is 11.6 Å². The number of aryl methyl sites for hydroxylation is 1. The molecule has 6 rings (SSSR count). The molecule has 2 aliphatic heterocycles. The standard InChI is InChI=1S/C27H23N3O7S/c1-36-27(33)20-18-9-5-6-10-19(18)38-26(20)28-24(31)21-22(15-11-13-17(14-12-15)30(34)35)29(37-23(21)25(28)32)16-7-3-2-4-8-16/h2-4,7-8,11-14,21-23H,5-6,9-10H2,1H3/t21-,22-,23+/m0/s1. The molecule has 3 heterocycles. The molecule has 194 valence electrons. The maximum atomic E-state index is 14.1. The zero-order valence-corrected chi connectivity index (χ0v) is 21.2. The van der Waals surface area contributed by atoms with E-state index in [1.54, 1.807) is 24.3 Å². The summed E-state index contributed by atoms with van der Waals surface area (Å²) in [5.74, 6) is -2.52. The van der Waals surface area contributed by atoms with Crippen LogP contribution >= 0.6 is 11.3 Å². The summed E-state index contributed by atoms with van der Waals surface area (Å²) in [6.45, 7) is 0. The van der Waals surface area contributed by atoms with Crippen molar-refractivity contribution in [3.8, 4) is 0 Å². The molecular weight excluding hydrogens is 510 g/mol. The zero-order chi connectivity index (χ0) is 26.6. The fourth-order valence-electron chi connectivity index (χ4n) is 5.57. The number of hydrogen-bond donors (Lipinski definition) is 0. The SMILES string of the molecule is COC(=O)c1c(N2C(=O)[C@@H]3[C@@H](ON(c4ccccc4)[C@H]3c3ccc([N+](=O)[O-])cc3)C2=O)sc2c1CCCC2. The van der Waals surface area contributed by atoms with Crippen molar-refractivity contribution in [1.29, 1.82) is 0 Å². The summed E-state index contributed by atoms with van der Waals surface area (Å²) in [4.78, 5) is 59.6. The Bertz CT molecular complexity index is 1450. The lowest BCUT2D eigenvalue weighted by atomic mass is 9.90. The number of benzene rings is 2. The van der Waals surface area contributed by atoms with Crippen LogP contribution in [0.3, 0.4) is 0 Å². The van der Waals surface area contributed by atoms with Crippen molar-refractivity contribution in [3.05, 3.63) is 86.3 Å². The van der Waals surface area contributed by atoms with E-state index >= 15 is 0 Å². The van der Waals surface area contributed by atoms with Crippen molar-refractivity contribution >= 4 is 45.5 Å². The van der Waals surface area contributed by atoms with E-state index in [9.17, 15) is 24.5 Å². The lowest BCUT2D eigenvalue weighted by Gasteiger charge is -2.28. The number of nitro groups is 1. The molecule has 0 bridgehead atoms. The minimum absolute atomic E-state index is 0.0854. The topological polar surface area (TPSA) is 119 Å². The van der Waals surface area contributed by atoms with Gasteiger partial charge in [0, 0.05) is 17.0 Å². The highest BCUT2D eigenvalue weighted by Gasteiger charge is 2.61. The van der Waals surface area contributed by atoms with E-state index < -0.39 is 40.8 Å². The summed E-state index contributed by atoms with van der Waals surface area (Å²) in [7, 11) is 1.28. The molecule has 11 heteroatoms. The fraction of sp³-hybridized carbons (Fsp3) is 0.296. The summed E-state index contributed by atoms with van der Waals surface area (Å²) >= 11 is 1.29. The number of carbonyl (C=O) groups is 3. The van der Waals surface area contributed by atoms with E-state index in [0.717, 1.165) is 34.6 Å². The van der Waals surface area contributed by atoms with Gasteiger partial charge in [-0.25, -0.2) is 14.8 Å². The molecule has 3 aromatic rings. The van der Waals surface area contributed by atoms with Gasteiger partial charge in [-0.05, 0) is 48.9 Å². The van der Waals surface area contributed by atoms with Crippen molar-refractivity contribution in [3.63, 3.8) is 0 Å². The summed E-state index contributed by atoms with van der Waals surface area (Å²) in [5, 5.41) is 13.0. The monoisotopic (exact) mass is 533 g/mol. The van der Waals surface area contributed by atoms with Gasteiger partial charge in [0.15, 0.2) is 6.10 Å². The molecule has 0 radical (unpaired) electrons. The molecule has 38 heavy (non-hydrogen) atoms. The van der Waals surface area contributed by atoms with Crippen LogP contribution in [0.4, 0.5) is 16.4 Å². The minimum atomic E-state index is -1.12. The summed E-state index contributed by atoms with van der Waals surface area (Å²) in [5.41, 5.74) is 2.27. The first-order valence-electron chi connectivity index (χ1n) is 12.3. The first kappa shape index (κ1) is 24.3. The third kappa shape index (κ3) is 3.69. The lowest BCUT2D eigenvalue weighted by molar-refractivity contribution is -0.384. The molecule has 1 aromatic heterocycles. The third-order valence-corrected chi connectivity index (χ3v) is 8.59. The Kier molecular flexibility index (Phi) is 5.96. The van der Waals surface area contributed by atoms with Crippen molar-refractivity contribution in [2.75, 3.05) is 17.1 Å². The highest BCUT2D eigenvalue weighted by molar-refractivity contribution is 7.17. The number of ether oxygens (including phenoxy) is 1. The molecule has 10 nitrogen and oxygen atoms in total. The van der Waals surface area contributed by atoms with Crippen LogP contribution in [-0.2, 0) is 32.0 Å². The van der Waals surface area contributed by atoms with Crippen molar-refractivity contribution in [1.82, 2.24) is 0 Å². The van der Waals surface area contributed by atoms with Crippen molar-refractivity contribution < 1.29 is 28.9 Å². The molecule has 3 aliphatic rings. The number of thiophene rings is 1. The van der Waals surface area contributed by atoms with E-state index in [1.165, 1.54) is 35.6 Å². The van der Waals surface area contributed by atoms with Crippen molar-refractivity contribution in [2.45, 2.75) is 37.8 Å². The highest BCUT2D eigenvalue weighted by atomic mass is 32.1. The number of imide groups is 1. The number of anilines is 2. The predicted octanol–water partition coefficient (Wildman–Crippen LogP) is 4.37. The number of non-ortho nitro benzene ring substituents is 1. The Hall–Kier alpha value is -4.09. The number of carbonyl (C=O) groups excluding carboxylic acids is 3. The number of hydroxylamine groups is 1. The maximum Gasteiger partial charge on any atom is 0.341 e. The molecule has 2 fully saturated rings. The number of fused-ring (bicyclic) bond motifs is 2. The van der Waals surface area contributed by atoms with E-state index in [4.69, 9.17) is 9.57 Å². The van der Waals surface area contributed by atoms with Crippen LogP contribution in [0.25, 0.3) is 0 Å². The number of nitro benzene ring substituents is 1. The van der Waals surface area contributed by atoms with Crippen LogP contribution < -0.4 is 9.96 Å². The van der Waals surface area contributed by atoms with Gasteiger partial charge >= 0.3 is 5.97 Å². The molecule has 0 saturated carbocycles. The van der Waals surface area contributed by atoms with Crippen LogP contribution in [0.5, 0.6) is 0 Å². The molecule has 2 aromatic carbocycles. The predicted molar refractivity (Wildman–Crippen MR) is 138 cm³/mol. The molecule has 2 saturated heterocycles. The second-order valence-corrected chi connectivity index (χ2v) is 10.5. The normalized spacial score (nSPS) is 22.4. The van der Waals surface area contributed by atoms with Gasteiger partial charge in [-0.3, -0.25) is 24.5 Å². The molecule has 2 amide bonds. The second-order valence-electron chi connectivity index (χ2n) is 9.40. The van der Waals surface area contributed by atoms with E-state index in [-0.39, 0.29) is 16.3 Å². The highest BCUT2D eigenvalue weighted by Crippen LogP contribution is 2.50. The zero-order valence-electron chi connectivity index (χ0n) is 20.4. The average molecular weight is 534 g/mol. The van der Waals surface area contributed by atoms with Crippen LogP contribution in [0.2, 0.25) is 0 Å². The van der Waals surface area contributed by atoms with Gasteiger partial charge < -0.3 is 4.74 Å². The summed E-state index contributed by atoms with van der Waals surface area (Å²) in [6.07, 6.45) is 2.22. The summed E-state index contributed by atoms with van der Waals surface area (Å²) < 4.78 is 5.05. The number of nitrogens with zero attached hydrogens (tertiary/aromatic N) is 3.